The van der Waals surface area contributed by atoms with E-state index in [0.717, 1.165) is 10.6 Å². The minimum atomic E-state index is -0.906. The molecule has 0 fully saturated rings. The normalized spacial score (nSPS) is 9.57. The topological polar surface area (TPSA) is 58.9 Å². The van der Waals surface area contributed by atoms with Crippen LogP contribution < -0.4 is 0 Å². The van der Waals surface area contributed by atoms with Gasteiger partial charge in [0.15, 0.2) is 6.61 Å². The van der Waals surface area contributed by atoms with Gasteiger partial charge in [0, 0.05) is 4.88 Å². The molecule has 0 spiro atoms. The van der Waals surface area contributed by atoms with Crippen molar-refractivity contribution in [1.82, 2.24) is 0 Å². The average Bonchev–Trinajstić information content (AvgIpc) is 2.52. The Morgan fingerprint density at radius 3 is 2.79 bits per heavy atom. The summed E-state index contributed by atoms with van der Waals surface area (Å²) in [6.45, 7) is 3.98. The summed E-state index contributed by atoms with van der Waals surface area (Å²) >= 11 is 1.20. The van der Waals surface area contributed by atoms with Gasteiger partial charge in [-0.3, -0.25) is 0 Å². The summed E-state index contributed by atoms with van der Waals surface area (Å²) in [6, 6.07) is 3.29. The lowest BCUT2D eigenvalue weighted by molar-refractivity contribution is 0.0702. The predicted octanol–water partition coefficient (Wildman–Crippen LogP) is 2.36. The molecule has 0 amide bonds. The summed E-state index contributed by atoms with van der Waals surface area (Å²) in [5.74, 6) is -0.906. The summed E-state index contributed by atoms with van der Waals surface area (Å²) in [5, 5.41) is 12.4. The number of aromatic carboxylic acids is 1. The van der Waals surface area contributed by atoms with Crippen LogP contribution in [0.2, 0.25) is 0 Å². The molecule has 1 rings (SSSR count). The van der Waals surface area contributed by atoms with Crippen molar-refractivity contribution < 1.29 is 14.7 Å². The third kappa shape index (κ3) is 3.18. The minimum absolute atomic E-state index is 0.320. The highest BCUT2D eigenvalue weighted by Crippen LogP contribution is 2.17. The van der Waals surface area contributed by atoms with Crippen LogP contribution in [-0.2, 0) is 11.4 Å². The maximum absolute atomic E-state index is 10.5. The molecule has 0 aromatic carbocycles. The van der Waals surface area contributed by atoms with Crippen LogP contribution in [0.1, 0.15) is 28.4 Å². The van der Waals surface area contributed by atoms with E-state index in [1.165, 1.54) is 11.3 Å². The summed E-state index contributed by atoms with van der Waals surface area (Å²) in [6.07, 6.45) is 0. The van der Waals surface area contributed by atoms with Gasteiger partial charge in [-0.05, 0) is 26.0 Å². The number of hydrogen-bond acceptors (Lipinski definition) is 4. The van der Waals surface area contributed by atoms with Crippen molar-refractivity contribution in [2.75, 3.05) is 0 Å². The van der Waals surface area contributed by atoms with Crippen LogP contribution in [0, 0.1) is 0 Å². The zero-order valence-corrected chi connectivity index (χ0v) is 8.80. The molecule has 14 heavy (non-hydrogen) atoms. The number of nitrogens with zero attached hydrogens (tertiary/aromatic N) is 1. The van der Waals surface area contributed by atoms with Crippen molar-refractivity contribution in [2.45, 2.75) is 20.5 Å². The Balaban J connectivity index is 2.52. The lowest BCUT2D eigenvalue weighted by Gasteiger charge is -1.95. The number of carboxylic acids is 1. The molecule has 1 N–H and O–H groups in total. The zero-order chi connectivity index (χ0) is 10.6. The van der Waals surface area contributed by atoms with Gasteiger partial charge in [-0.1, -0.05) is 5.16 Å². The van der Waals surface area contributed by atoms with Crippen LogP contribution >= 0.6 is 11.3 Å². The van der Waals surface area contributed by atoms with Gasteiger partial charge in [0.25, 0.3) is 0 Å². The highest BCUT2D eigenvalue weighted by Gasteiger charge is 2.06. The molecule has 76 valence electrons. The van der Waals surface area contributed by atoms with Crippen molar-refractivity contribution in [3.05, 3.63) is 21.9 Å². The second kappa shape index (κ2) is 4.76. The van der Waals surface area contributed by atoms with Crippen molar-refractivity contribution in [2.24, 2.45) is 5.16 Å². The largest absolute Gasteiger partial charge is 0.477 e. The van der Waals surface area contributed by atoms with Crippen LogP contribution in [0.4, 0.5) is 0 Å². The molecule has 0 aliphatic heterocycles. The average molecular weight is 213 g/mol. The second-order valence-electron chi connectivity index (χ2n) is 2.88. The molecule has 4 nitrogen and oxygen atoms in total. The monoisotopic (exact) mass is 213 g/mol. The SMILES string of the molecule is CC(C)=NOCc1ccc(C(=O)O)s1. The summed E-state index contributed by atoms with van der Waals surface area (Å²) in [4.78, 5) is 16.7. The van der Waals surface area contributed by atoms with Gasteiger partial charge in [-0.2, -0.15) is 0 Å². The number of thiophene rings is 1. The quantitative estimate of drug-likeness (QED) is 0.617. The standard InChI is InChI=1S/C9H11NO3S/c1-6(2)10-13-5-7-3-4-8(14-7)9(11)12/h3-4H,5H2,1-2H3,(H,11,12). The van der Waals surface area contributed by atoms with Crippen molar-refractivity contribution in [3.8, 4) is 0 Å². The van der Waals surface area contributed by atoms with Crippen LogP contribution in [0.5, 0.6) is 0 Å². The minimum Gasteiger partial charge on any atom is -0.477 e. The third-order valence-corrected chi connectivity index (χ3v) is 2.37. The zero-order valence-electron chi connectivity index (χ0n) is 7.98. The second-order valence-corrected chi connectivity index (χ2v) is 4.05. The van der Waals surface area contributed by atoms with E-state index >= 15 is 0 Å². The van der Waals surface area contributed by atoms with Gasteiger partial charge in [-0.25, -0.2) is 4.79 Å². The van der Waals surface area contributed by atoms with Gasteiger partial charge in [-0.15, -0.1) is 11.3 Å². The van der Waals surface area contributed by atoms with E-state index in [2.05, 4.69) is 5.16 Å². The maximum atomic E-state index is 10.5. The van der Waals surface area contributed by atoms with Crippen LogP contribution in [-0.4, -0.2) is 16.8 Å². The first-order valence-corrected chi connectivity index (χ1v) is 4.86. The Labute approximate surface area is 85.8 Å². The fourth-order valence-electron chi connectivity index (χ4n) is 0.795. The van der Waals surface area contributed by atoms with Crippen molar-refractivity contribution >= 4 is 23.0 Å². The summed E-state index contributed by atoms with van der Waals surface area (Å²) < 4.78 is 0. The fraction of sp³-hybridized carbons (Fsp3) is 0.333. The Bertz CT molecular complexity index is 353. The molecule has 0 saturated heterocycles. The van der Waals surface area contributed by atoms with E-state index in [-0.39, 0.29) is 0 Å². The highest BCUT2D eigenvalue weighted by atomic mass is 32.1. The maximum Gasteiger partial charge on any atom is 0.345 e. The molecule has 0 aliphatic rings. The number of oxime groups is 1. The predicted molar refractivity (Wildman–Crippen MR) is 54.9 cm³/mol. The molecule has 1 aromatic rings. The van der Waals surface area contributed by atoms with Gasteiger partial charge < -0.3 is 9.94 Å². The molecule has 0 atom stereocenters. The molecule has 0 bridgehead atoms. The van der Waals surface area contributed by atoms with Crippen LogP contribution in [0.3, 0.4) is 0 Å². The number of carboxylic acid groups (broad SMARTS) is 1. The molecule has 0 radical (unpaired) electrons. The Kier molecular flexibility index (Phi) is 3.64. The molecule has 0 unspecified atom stereocenters. The molecule has 1 heterocycles. The first kappa shape index (κ1) is 10.7. The van der Waals surface area contributed by atoms with Crippen molar-refractivity contribution in [3.63, 3.8) is 0 Å². The molecule has 0 aliphatic carbocycles. The van der Waals surface area contributed by atoms with E-state index in [9.17, 15) is 4.79 Å². The Morgan fingerprint density at radius 1 is 1.57 bits per heavy atom. The number of carbonyl (C=O) groups is 1. The van der Waals surface area contributed by atoms with Crippen molar-refractivity contribution in [1.29, 1.82) is 0 Å². The summed E-state index contributed by atoms with van der Waals surface area (Å²) in [5.41, 5.74) is 0.833. The highest BCUT2D eigenvalue weighted by molar-refractivity contribution is 7.13. The smallest absolute Gasteiger partial charge is 0.345 e. The molecule has 1 aromatic heterocycles. The van der Waals surface area contributed by atoms with E-state index in [0.29, 0.717) is 11.5 Å². The van der Waals surface area contributed by atoms with E-state index in [1.807, 2.05) is 13.8 Å². The van der Waals surface area contributed by atoms with Gasteiger partial charge in [0.05, 0.1) is 5.71 Å². The lowest BCUT2D eigenvalue weighted by atomic mass is 10.4. The molecular formula is C9H11NO3S. The Morgan fingerprint density at radius 2 is 2.29 bits per heavy atom. The van der Waals surface area contributed by atoms with E-state index < -0.39 is 5.97 Å². The van der Waals surface area contributed by atoms with E-state index in [1.54, 1.807) is 12.1 Å². The molecule has 0 saturated carbocycles. The van der Waals surface area contributed by atoms with Crippen LogP contribution in [0.15, 0.2) is 17.3 Å². The lowest BCUT2D eigenvalue weighted by Crippen LogP contribution is -1.90. The third-order valence-electron chi connectivity index (χ3n) is 1.33. The molecular weight excluding hydrogens is 202 g/mol. The first-order valence-electron chi connectivity index (χ1n) is 4.05. The number of hydrogen-bond donors (Lipinski definition) is 1. The first-order chi connectivity index (χ1) is 6.59. The summed E-state index contributed by atoms with van der Waals surface area (Å²) in [7, 11) is 0. The van der Waals surface area contributed by atoms with Gasteiger partial charge >= 0.3 is 5.97 Å². The Hall–Kier alpha value is -1.36. The van der Waals surface area contributed by atoms with Gasteiger partial charge in [0.2, 0.25) is 0 Å². The van der Waals surface area contributed by atoms with Crippen LogP contribution in [0.25, 0.3) is 0 Å². The molecule has 5 heteroatoms. The fourth-order valence-corrected chi connectivity index (χ4v) is 1.55. The van der Waals surface area contributed by atoms with Gasteiger partial charge in [0.1, 0.15) is 4.88 Å². The number of rotatable bonds is 4. The van der Waals surface area contributed by atoms with E-state index in [4.69, 9.17) is 9.94 Å².